The summed E-state index contributed by atoms with van der Waals surface area (Å²) in [5.41, 5.74) is 1.00. The fourth-order valence-electron chi connectivity index (χ4n) is 2.64. The standard InChI is InChI=1S/C15H24NO2P/c1-12(2)16-11-10-13(3)18-19(16,17)14(4)15-8-6-5-7-9-15/h5-9,12-14H,10-11H2,1-4H3/t13-,14+,19-/m0/s1. The summed E-state index contributed by atoms with van der Waals surface area (Å²) in [6.07, 6.45) is 1.02. The van der Waals surface area contributed by atoms with Gasteiger partial charge in [0.25, 0.3) is 7.52 Å². The summed E-state index contributed by atoms with van der Waals surface area (Å²) in [5.74, 6) is 0. The van der Waals surface area contributed by atoms with Crippen molar-refractivity contribution in [3.8, 4) is 0 Å². The number of nitrogens with zero attached hydrogens (tertiary/aromatic N) is 1. The van der Waals surface area contributed by atoms with Gasteiger partial charge in [0.2, 0.25) is 0 Å². The highest BCUT2D eigenvalue weighted by Gasteiger charge is 2.43. The Morgan fingerprint density at radius 3 is 2.47 bits per heavy atom. The molecule has 3 nitrogen and oxygen atoms in total. The monoisotopic (exact) mass is 281 g/mol. The average Bonchev–Trinajstić information content (AvgIpc) is 2.38. The van der Waals surface area contributed by atoms with Crippen LogP contribution < -0.4 is 0 Å². The Morgan fingerprint density at radius 1 is 1.26 bits per heavy atom. The molecule has 106 valence electrons. The highest BCUT2D eigenvalue weighted by Crippen LogP contribution is 2.65. The maximum absolute atomic E-state index is 13.4. The first-order chi connectivity index (χ1) is 8.95. The van der Waals surface area contributed by atoms with Crippen molar-refractivity contribution >= 4 is 7.52 Å². The summed E-state index contributed by atoms with van der Waals surface area (Å²) in [5, 5.41) is 0. The third kappa shape index (κ3) is 2.94. The van der Waals surface area contributed by atoms with Gasteiger partial charge in [-0.1, -0.05) is 30.3 Å². The first-order valence-corrected chi connectivity index (χ1v) is 8.70. The Morgan fingerprint density at radius 2 is 1.89 bits per heavy atom. The highest BCUT2D eigenvalue weighted by atomic mass is 31.2. The maximum Gasteiger partial charge on any atom is 0.279 e. The molecule has 1 aromatic carbocycles. The van der Waals surface area contributed by atoms with Crippen molar-refractivity contribution in [2.24, 2.45) is 0 Å². The van der Waals surface area contributed by atoms with Gasteiger partial charge in [-0.15, -0.1) is 0 Å². The van der Waals surface area contributed by atoms with Gasteiger partial charge in [0, 0.05) is 12.6 Å². The predicted molar refractivity (Wildman–Crippen MR) is 79.5 cm³/mol. The molecular weight excluding hydrogens is 257 g/mol. The Kier molecular flexibility index (Phi) is 4.50. The zero-order chi connectivity index (χ0) is 14.0. The third-order valence-electron chi connectivity index (χ3n) is 3.82. The largest absolute Gasteiger partial charge is 0.314 e. The Hall–Kier alpha value is -0.630. The molecule has 1 heterocycles. The molecule has 0 N–H and O–H groups in total. The second-order valence-electron chi connectivity index (χ2n) is 5.61. The van der Waals surface area contributed by atoms with Gasteiger partial charge in [-0.3, -0.25) is 4.57 Å². The molecule has 2 rings (SSSR count). The second-order valence-corrected chi connectivity index (χ2v) is 8.24. The van der Waals surface area contributed by atoms with Gasteiger partial charge >= 0.3 is 0 Å². The number of rotatable bonds is 3. The summed E-state index contributed by atoms with van der Waals surface area (Å²) in [6.45, 7) is 9.06. The Bertz CT molecular complexity index is 460. The summed E-state index contributed by atoms with van der Waals surface area (Å²) in [4.78, 5) is 0. The van der Waals surface area contributed by atoms with Crippen molar-refractivity contribution in [1.82, 2.24) is 4.67 Å². The quantitative estimate of drug-likeness (QED) is 0.766. The van der Waals surface area contributed by atoms with Crippen LogP contribution in [0.3, 0.4) is 0 Å². The molecule has 1 aliphatic rings. The van der Waals surface area contributed by atoms with Crippen LogP contribution in [0.5, 0.6) is 0 Å². The van der Waals surface area contributed by atoms with E-state index < -0.39 is 7.52 Å². The molecule has 19 heavy (non-hydrogen) atoms. The summed E-state index contributed by atoms with van der Waals surface area (Å²) >= 11 is 0. The van der Waals surface area contributed by atoms with Crippen LogP contribution in [0.2, 0.25) is 0 Å². The molecule has 4 heteroatoms. The Balaban J connectivity index is 2.34. The highest BCUT2D eigenvalue weighted by molar-refractivity contribution is 7.57. The van der Waals surface area contributed by atoms with Gasteiger partial charge in [-0.25, -0.2) is 4.67 Å². The minimum absolute atomic E-state index is 0.0759. The van der Waals surface area contributed by atoms with E-state index in [9.17, 15) is 4.57 Å². The fourth-order valence-corrected chi connectivity index (χ4v) is 5.59. The van der Waals surface area contributed by atoms with Crippen molar-refractivity contribution in [2.75, 3.05) is 6.54 Å². The molecule has 0 aliphatic carbocycles. The SMILES string of the molecule is CC(C)N1CC[C@H](C)O[P@@]1(=O)[C@H](C)c1ccccc1. The van der Waals surface area contributed by atoms with Crippen molar-refractivity contribution in [3.05, 3.63) is 35.9 Å². The number of hydrogen-bond acceptors (Lipinski definition) is 2. The van der Waals surface area contributed by atoms with E-state index in [2.05, 4.69) is 18.5 Å². The van der Waals surface area contributed by atoms with E-state index in [0.717, 1.165) is 18.5 Å². The van der Waals surface area contributed by atoms with E-state index in [1.54, 1.807) is 0 Å². The fraction of sp³-hybridized carbons (Fsp3) is 0.600. The topological polar surface area (TPSA) is 29.5 Å². The van der Waals surface area contributed by atoms with E-state index in [-0.39, 0.29) is 17.8 Å². The van der Waals surface area contributed by atoms with E-state index in [4.69, 9.17) is 4.52 Å². The molecule has 0 saturated carbocycles. The summed E-state index contributed by atoms with van der Waals surface area (Å²) in [7, 11) is -2.82. The van der Waals surface area contributed by atoms with E-state index in [0.29, 0.717) is 0 Å². The molecule has 0 amide bonds. The lowest BCUT2D eigenvalue weighted by molar-refractivity contribution is 0.123. The molecule has 0 spiro atoms. The van der Waals surface area contributed by atoms with Gasteiger partial charge in [-0.05, 0) is 39.7 Å². The summed E-state index contributed by atoms with van der Waals surface area (Å²) < 4.78 is 21.4. The third-order valence-corrected chi connectivity index (χ3v) is 7.14. The first-order valence-electron chi connectivity index (χ1n) is 7.05. The molecule has 1 saturated heterocycles. The smallest absolute Gasteiger partial charge is 0.279 e. The molecule has 1 fully saturated rings. The zero-order valence-corrected chi connectivity index (χ0v) is 13.1. The van der Waals surface area contributed by atoms with Crippen molar-refractivity contribution in [3.63, 3.8) is 0 Å². The maximum atomic E-state index is 13.4. The van der Waals surface area contributed by atoms with E-state index in [1.807, 2.05) is 44.2 Å². The minimum Gasteiger partial charge on any atom is -0.314 e. The molecule has 0 radical (unpaired) electrons. The Labute approximate surface area is 116 Å². The van der Waals surface area contributed by atoms with Gasteiger partial charge < -0.3 is 4.52 Å². The molecule has 1 aliphatic heterocycles. The second kappa shape index (κ2) is 5.78. The van der Waals surface area contributed by atoms with Crippen LogP contribution in [0.15, 0.2) is 30.3 Å². The van der Waals surface area contributed by atoms with Crippen LogP contribution in [0.25, 0.3) is 0 Å². The molecule has 0 unspecified atom stereocenters. The predicted octanol–water partition coefficient (Wildman–Crippen LogP) is 4.46. The van der Waals surface area contributed by atoms with E-state index >= 15 is 0 Å². The first kappa shape index (κ1) is 14.8. The van der Waals surface area contributed by atoms with Crippen LogP contribution in [-0.2, 0) is 9.09 Å². The lowest BCUT2D eigenvalue weighted by Crippen LogP contribution is -2.38. The number of benzene rings is 1. The summed E-state index contributed by atoms with van der Waals surface area (Å²) in [6, 6.07) is 10.3. The lowest BCUT2D eigenvalue weighted by atomic mass is 10.2. The van der Waals surface area contributed by atoms with Crippen LogP contribution in [0.4, 0.5) is 0 Å². The van der Waals surface area contributed by atoms with Gasteiger partial charge in [0.1, 0.15) is 0 Å². The molecule has 0 aromatic heterocycles. The van der Waals surface area contributed by atoms with Gasteiger partial charge in [0.15, 0.2) is 0 Å². The van der Waals surface area contributed by atoms with Crippen molar-refractivity contribution in [2.45, 2.75) is 51.9 Å². The van der Waals surface area contributed by atoms with E-state index in [1.165, 1.54) is 0 Å². The normalized spacial score (nSPS) is 30.5. The van der Waals surface area contributed by atoms with Gasteiger partial charge in [0.05, 0.1) is 11.8 Å². The molecule has 3 atom stereocenters. The molecule has 0 bridgehead atoms. The average molecular weight is 281 g/mol. The molecule has 1 aromatic rings. The number of hydrogen-bond donors (Lipinski definition) is 0. The minimum atomic E-state index is -2.82. The van der Waals surface area contributed by atoms with Crippen LogP contribution in [0.1, 0.15) is 45.3 Å². The van der Waals surface area contributed by atoms with Crippen LogP contribution >= 0.6 is 7.52 Å². The van der Waals surface area contributed by atoms with Crippen molar-refractivity contribution < 1.29 is 9.09 Å². The van der Waals surface area contributed by atoms with Gasteiger partial charge in [-0.2, -0.15) is 0 Å². The lowest BCUT2D eigenvalue weighted by Gasteiger charge is -2.43. The van der Waals surface area contributed by atoms with Crippen LogP contribution in [0, 0.1) is 0 Å². The van der Waals surface area contributed by atoms with Crippen molar-refractivity contribution in [1.29, 1.82) is 0 Å². The zero-order valence-electron chi connectivity index (χ0n) is 12.2. The molecular formula is C15H24NO2P. The van der Waals surface area contributed by atoms with Crippen LogP contribution in [-0.4, -0.2) is 23.4 Å².